The van der Waals surface area contributed by atoms with Crippen LogP contribution in [0.3, 0.4) is 0 Å². The lowest BCUT2D eigenvalue weighted by Crippen LogP contribution is -2.01. The van der Waals surface area contributed by atoms with Crippen LogP contribution in [0.25, 0.3) is 11.1 Å². The SMILES string of the molecule is O=C(O)c1c(-c2ccccc2)ccc(Cl)c1Cl. The van der Waals surface area contributed by atoms with Crippen LogP contribution >= 0.6 is 23.2 Å². The zero-order chi connectivity index (χ0) is 12.4. The van der Waals surface area contributed by atoms with E-state index in [1.165, 1.54) is 0 Å². The maximum Gasteiger partial charge on any atom is 0.337 e. The van der Waals surface area contributed by atoms with Crippen LogP contribution in [-0.2, 0) is 0 Å². The average molecular weight is 267 g/mol. The molecule has 2 aromatic carbocycles. The Labute approximate surface area is 108 Å². The van der Waals surface area contributed by atoms with E-state index in [-0.39, 0.29) is 15.6 Å². The molecule has 17 heavy (non-hydrogen) atoms. The Hall–Kier alpha value is -1.51. The van der Waals surface area contributed by atoms with Crippen LogP contribution in [0.5, 0.6) is 0 Å². The van der Waals surface area contributed by atoms with Gasteiger partial charge in [0, 0.05) is 0 Å². The number of hydrogen-bond acceptors (Lipinski definition) is 1. The van der Waals surface area contributed by atoms with E-state index >= 15 is 0 Å². The summed E-state index contributed by atoms with van der Waals surface area (Å²) in [6, 6.07) is 12.4. The van der Waals surface area contributed by atoms with Crippen LogP contribution in [0.4, 0.5) is 0 Å². The third-order valence-electron chi connectivity index (χ3n) is 2.39. The fourth-order valence-corrected chi connectivity index (χ4v) is 2.02. The van der Waals surface area contributed by atoms with E-state index in [0.29, 0.717) is 5.56 Å². The molecule has 4 heteroatoms. The van der Waals surface area contributed by atoms with Crippen molar-refractivity contribution in [1.82, 2.24) is 0 Å². The second-order valence-corrected chi connectivity index (χ2v) is 4.24. The molecule has 0 amide bonds. The van der Waals surface area contributed by atoms with Crippen LogP contribution in [0, 0.1) is 0 Å². The minimum absolute atomic E-state index is 0.0327. The van der Waals surface area contributed by atoms with Crippen LogP contribution in [0.2, 0.25) is 10.0 Å². The van der Waals surface area contributed by atoms with E-state index in [0.717, 1.165) is 5.56 Å². The molecule has 0 fully saturated rings. The van der Waals surface area contributed by atoms with Gasteiger partial charge in [0.05, 0.1) is 15.6 Å². The first-order chi connectivity index (χ1) is 8.11. The minimum Gasteiger partial charge on any atom is -0.478 e. The number of hydrogen-bond donors (Lipinski definition) is 1. The van der Waals surface area contributed by atoms with Crippen LogP contribution < -0.4 is 0 Å². The Balaban J connectivity index is 2.71. The molecule has 2 aromatic rings. The van der Waals surface area contributed by atoms with Crippen molar-refractivity contribution in [2.24, 2.45) is 0 Å². The highest BCUT2D eigenvalue weighted by Gasteiger charge is 2.17. The molecule has 0 aliphatic carbocycles. The Morgan fingerprint density at radius 1 is 1.00 bits per heavy atom. The van der Waals surface area contributed by atoms with Crippen molar-refractivity contribution in [3.8, 4) is 11.1 Å². The highest BCUT2D eigenvalue weighted by Crippen LogP contribution is 2.34. The van der Waals surface area contributed by atoms with Gasteiger partial charge in [0.1, 0.15) is 0 Å². The van der Waals surface area contributed by atoms with Gasteiger partial charge in [-0.25, -0.2) is 4.79 Å². The van der Waals surface area contributed by atoms with Gasteiger partial charge in [0.2, 0.25) is 0 Å². The molecule has 86 valence electrons. The van der Waals surface area contributed by atoms with Gasteiger partial charge < -0.3 is 5.11 Å². The monoisotopic (exact) mass is 266 g/mol. The number of carbonyl (C=O) groups is 1. The van der Waals surface area contributed by atoms with Gasteiger partial charge in [0.15, 0.2) is 0 Å². The van der Waals surface area contributed by atoms with Gasteiger partial charge in [0.25, 0.3) is 0 Å². The summed E-state index contributed by atoms with van der Waals surface area (Å²) in [4.78, 5) is 11.2. The number of halogens is 2. The molecule has 0 atom stereocenters. The Morgan fingerprint density at radius 3 is 2.24 bits per heavy atom. The highest BCUT2D eigenvalue weighted by atomic mass is 35.5. The first kappa shape index (κ1) is 12.0. The molecule has 0 bridgehead atoms. The molecular weight excluding hydrogens is 259 g/mol. The van der Waals surface area contributed by atoms with Gasteiger partial charge in [-0.15, -0.1) is 0 Å². The summed E-state index contributed by atoms with van der Waals surface area (Å²) in [5.41, 5.74) is 1.39. The third kappa shape index (κ3) is 2.28. The van der Waals surface area contributed by atoms with Gasteiger partial charge in [-0.05, 0) is 17.2 Å². The smallest absolute Gasteiger partial charge is 0.337 e. The van der Waals surface area contributed by atoms with Crippen molar-refractivity contribution >= 4 is 29.2 Å². The summed E-state index contributed by atoms with van der Waals surface area (Å²) in [6.45, 7) is 0. The zero-order valence-corrected chi connectivity index (χ0v) is 10.2. The predicted octanol–water partition coefficient (Wildman–Crippen LogP) is 4.36. The molecule has 0 spiro atoms. The molecule has 0 saturated carbocycles. The lowest BCUT2D eigenvalue weighted by Gasteiger charge is -2.09. The van der Waals surface area contributed by atoms with Crippen molar-refractivity contribution in [2.75, 3.05) is 0 Å². The molecule has 0 saturated heterocycles. The molecule has 0 aliphatic rings. The number of rotatable bonds is 2. The van der Waals surface area contributed by atoms with Gasteiger partial charge in [-0.1, -0.05) is 59.6 Å². The molecular formula is C13H8Cl2O2. The Bertz CT molecular complexity index is 565. The van der Waals surface area contributed by atoms with Crippen molar-refractivity contribution < 1.29 is 9.90 Å². The summed E-state index contributed by atoms with van der Waals surface area (Å²) in [5, 5.41) is 9.50. The molecule has 0 radical (unpaired) electrons. The fraction of sp³-hybridized carbons (Fsp3) is 0. The highest BCUT2D eigenvalue weighted by molar-refractivity contribution is 6.44. The minimum atomic E-state index is -1.09. The van der Waals surface area contributed by atoms with E-state index in [4.69, 9.17) is 23.2 Å². The van der Waals surface area contributed by atoms with Crippen LogP contribution in [-0.4, -0.2) is 11.1 Å². The molecule has 2 rings (SSSR count). The molecule has 2 nitrogen and oxygen atoms in total. The number of carboxylic acid groups (broad SMARTS) is 1. The van der Waals surface area contributed by atoms with Crippen molar-refractivity contribution in [2.45, 2.75) is 0 Å². The first-order valence-electron chi connectivity index (χ1n) is 4.88. The maximum atomic E-state index is 11.2. The van der Waals surface area contributed by atoms with Crippen molar-refractivity contribution in [3.05, 3.63) is 58.1 Å². The van der Waals surface area contributed by atoms with E-state index in [1.54, 1.807) is 12.1 Å². The molecule has 0 unspecified atom stereocenters. The van der Waals surface area contributed by atoms with Crippen molar-refractivity contribution in [3.63, 3.8) is 0 Å². The molecule has 1 N–H and O–H groups in total. The topological polar surface area (TPSA) is 37.3 Å². The number of carboxylic acids is 1. The van der Waals surface area contributed by atoms with E-state index in [2.05, 4.69) is 0 Å². The lowest BCUT2D eigenvalue weighted by molar-refractivity contribution is 0.0698. The first-order valence-corrected chi connectivity index (χ1v) is 5.63. The summed E-state index contributed by atoms with van der Waals surface area (Å²) in [5.74, 6) is -1.09. The van der Waals surface area contributed by atoms with Crippen LogP contribution in [0.1, 0.15) is 10.4 Å². The molecule has 0 heterocycles. The fourth-order valence-electron chi connectivity index (χ4n) is 1.62. The summed E-state index contributed by atoms with van der Waals surface area (Å²) in [7, 11) is 0. The second-order valence-electron chi connectivity index (χ2n) is 3.46. The van der Waals surface area contributed by atoms with E-state index in [9.17, 15) is 9.90 Å². The predicted molar refractivity (Wildman–Crippen MR) is 68.9 cm³/mol. The van der Waals surface area contributed by atoms with Gasteiger partial charge in [-0.3, -0.25) is 0 Å². The number of aromatic carboxylic acids is 1. The quantitative estimate of drug-likeness (QED) is 0.877. The van der Waals surface area contributed by atoms with E-state index < -0.39 is 5.97 Å². The normalized spacial score (nSPS) is 10.2. The molecule has 0 aliphatic heterocycles. The standard InChI is InChI=1S/C13H8Cl2O2/c14-10-7-6-9(8-4-2-1-3-5-8)11(12(10)15)13(16)17/h1-7H,(H,16,17). The number of benzene rings is 2. The summed E-state index contributed by atoms with van der Waals surface area (Å²) < 4.78 is 0. The van der Waals surface area contributed by atoms with Gasteiger partial charge >= 0.3 is 5.97 Å². The second kappa shape index (κ2) is 4.78. The van der Waals surface area contributed by atoms with Crippen molar-refractivity contribution in [1.29, 1.82) is 0 Å². The largest absolute Gasteiger partial charge is 0.478 e. The van der Waals surface area contributed by atoms with Crippen LogP contribution in [0.15, 0.2) is 42.5 Å². The average Bonchev–Trinajstić information content (AvgIpc) is 2.33. The van der Waals surface area contributed by atoms with Gasteiger partial charge in [-0.2, -0.15) is 0 Å². The summed E-state index contributed by atoms with van der Waals surface area (Å²) >= 11 is 11.8. The Morgan fingerprint density at radius 2 is 1.65 bits per heavy atom. The Kier molecular flexibility index (Phi) is 3.36. The zero-order valence-electron chi connectivity index (χ0n) is 8.65. The summed E-state index contributed by atoms with van der Waals surface area (Å²) in [6.07, 6.45) is 0. The molecule has 0 aromatic heterocycles. The lowest BCUT2D eigenvalue weighted by atomic mass is 10.00. The third-order valence-corrected chi connectivity index (χ3v) is 3.20. The maximum absolute atomic E-state index is 11.2. The van der Waals surface area contributed by atoms with E-state index in [1.807, 2.05) is 30.3 Å².